The number of aryl methyl sites for hydroxylation is 1. The van der Waals surface area contributed by atoms with E-state index in [-0.39, 0.29) is 6.42 Å². The lowest BCUT2D eigenvalue weighted by atomic mass is 9.95. The molecule has 0 aliphatic heterocycles. The smallest absolute Gasteiger partial charge is 0.303 e. The van der Waals surface area contributed by atoms with Gasteiger partial charge in [-0.1, -0.05) is 24.3 Å². The summed E-state index contributed by atoms with van der Waals surface area (Å²) in [5.74, 6) is 1.38. The first-order chi connectivity index (χ1) is 13.0. The summed E-state index contributed by atoms with van der Waals surface area (Å²) in [5, 5.41) is 8.89. The van der Waals surface area contributed by atoms with Crippen LogP contribution >= 0.6 is 0 Å². The van der Waals surface area contributed by atoms with Crippen LogP contribution in [0.4, 0.5) is 0 Å². The van der Waals surface area contributed by atoms with Gasteiger partial charge in [-0.25, -0.2) is 0 Å². The Bertz CT molecular complexity index is 813. The van der Waals surface area contributed by atoms with Crippen molar-refractivity contribution in [2.24, 2.45) is 0 Å². The van der Waals surface area contributed by atoms with Crippen LogP contribution in [0.25, 0.3) is 0 Å². The first kappa shape index (κ1) is 20.4. The van der Waals surface area contributed by atoms with Crippen LogP contribution in [0.2, 0.25) is 0 Å². The van der Waals surface area contributed by atoms with E-state index in [1.54, 1.807) is 28.4 Å². The van der Waals surface area contributed by atoms with Gasteiger partial charge in [0.2, 0.25) is 11.5 Å². The SMILES string of the molecule is COc1c(C)c(Cc2cccc(CCC(=O)O)c2)c(OC)c(OC)c1OC. The highest BCUT2D eigenvalue weighted by atomic mass is 16.5. The molecule has 0 radical (unpaired) electrons. The molecule has 6 nitrogen and oxygen atoms in total. The molecule has 0 aromatic heterocycles. The molecule has 0 atom stereocenters. The summed E-state index contributed by atoms with van der Waals surface area (Å²) in [6.07, 6.45) is 1.19. The van der Waals surface area contributed by atoms with Gasteiger partial charge in [-0.2, -0.15) is 0 Å². The third-order valence-corrected chi connectivity index (χ3v) is 4.50. The van der Waals surface area contributed by atoms with E-state index in [4.69, 9.17) is 24.1 Å². The van der Waals surface area contributed by atoms with Crippen LogP contribution in [0.5, 0.6) is 23.0 Å². The summed E-state index contributed by atoms with van der Waals surface area (Å²) in [6, 6.07) is 7.90. The highest BCUT2D eigenvalue weighted by molar-refractivity contribution is 5.68. The number of methoxy groups -OCH3 is 4. The number of carboxylic acid groups (broad SMARTS) is 1. The fraction of sp³-hybridized carbons (Fsp3) is 0.381. The van der Waals surface area contributed by atoms with Crippen molar-refractivity contribution in [2.45, 2.75) is 26.2 Å². The van der Waals surface area contributed by atoms with Crippen molar-refractivity contribution >= 4 is 5.97 Å². The fourth-order valence-corrected chi connectivity index (χ4v) is 3.22. The highest BCUT2D eigenvalue weighted by Gasteiger charge is 2.25. The molecule has 6 heteroatoms. The Labute approximate surface area is 159 Å². The number of ether oxygens (including phenoxy) is 4. The lowest BCUT2D eigenvalue weighted by Crippen LogP contribution is -2.05. The Morgan fingerprint density at radius 3 is 2.00 bits per heavy atom. The molecule has 0 unspecified atom stereocenters. The fourth-order valence-electron chi connectivity index (χ4n) is 3.22. The van der Waals surface area contributed by atoms with Gasteiger partial charge in [0, 0.05) is 24.0 Å². The van der Waals surface area contributed by atoms with Gasteiger partial charge in [0.1, 0.15) is 0 Å². The zero-order chi connectivity index (χ0) is 20.0. The maximum atomic E-state index is 10.8. The molecule has 0 amide bonds. The zero-order valence-corrected chi connectivity index (χ0v) is 16.4. The van der Waals surface area contributed by atoms with Gasteiger partial charge < -0.3 is 24.1 Å². The highest BCUT2D eigenvalue weighted by Crippen LogP contribution is 2.49. The molecule has 27 heavy (non-hydrogen) atoms. The van der Waals surface area contributed by atoms with Crippen molar-refractivity contribution < 1.29 is 28.8 Å². The number of carboxylic acids is 1. The van der Waals surface area contributed by atoms with Crippen molar-refractivity contribution in [2.75, 3.05) is 28.4 Å². The van der Waals surface area contributed by atoms with Crippen LogP contribution < -0.4 is 18.9 Å². The molecule has 0 saturated carbocycles. The monoisotopic (exact) mass is 374 g/mol. The Hall–Kier alpha value is -2.89. The number of hydrogen-bond donors (Lipinski definition) is 1. The largest absolute Gasteiger partial charge is 0.492 e. The van der Waals surface area contributed by atoms with Gasteiger partial charge in [0.15, 0.2) is 11.5 Å². The summed E-state index contributed by atoms with van der Waals surface area (Å²) < 4.78 is 22.2. The molecule has 2 rings (SSSR count). The van der Waals surface area contributed by atoms with Crippen LogP contribution in [0.15, 0.2) is 24.3 Å². The third kappa shape index (κ3) is 4.45. The number of aliphatic carboxylic acids is 1. The average Bonchev–Trinajstić information content (AvgIpc) is 2.67. The molecule has 0 spiro atoms. The standard InChI is InChI=1S/C21H26O6/c1-13-16(12-15-8-6-7-14(11-15)9-10-17(22)23)19(25-3)21(27-5)20(26-4)18(13)24-2/h6-8,11H,9-10,12H2,1-5H3,(H,22,23). The minimum absolute atomic E-state index is 0.107. The molecule has 2 aromatic rings. The van der Waals surface area contributed by atoms with Crippen molar-refractivity contribution in [1.29, 1.82) is 0 Å². The van der Waals surface area contributed by atoms with Crippen LogP contribution in [0.3, 0.4) is 0 Å². The minimum Gasteiger partial charge on any atom is -0.492 e. The van der Waals surface area contributed by atoms with Gasteiger partial charge in [-0.05, 0) is 24.5 Å². The molecule has 0 aliphatic carbocycles. The number of benzene rings is 2. The quantitative estimate of drug-likeness (QED) is 0.722. The van der Waals surface area contributed by atoms with E-state index in [9.17, 15) is 4.79 Å². The Balaban J connectivity index is 2.49. The number of rotatable bonds is 9. The second-order valence-electron chi connectivity index (χ2n) is 6.13. The van der Waals surface area contributed by atoms with Gasteiger partial charge in [-0.3, -0.25) is 4.79 Å². The maximum absolute atomic E-state index is 10.8. The molecule has 0 heterocycles. The summed E-state index contributed by atoms with van der Waals surface area (Å²) in [5.41, 5.74) is 3.87. The first-order valence-electron chi connectivity index (χ1n) is 8.61. The number of carbonyl (C=O) groups is 1. The molecule has 0 fully saturated rings. The predicted molar refractivity (Wildman–Crippen MR) is 103 cm³/mol. The first-order valence-corrected chi connectivity index (χ1v) is 8.61. The van der Waals surface area contributed by atoms with Crippen molar-refractivity contribution in [3.05, 3.63) is 46.5 Å². The van der Waals surface area contributed by atoms with Gasteiger partial charge >= 0.3 is 5.97 Å². The molecule has 0 bridgehead atoms. The van der Waals surface area contributed by atoms with E-state index in [2.05, 4.69) is 0 Å². The van der Waals surface area contributed by atoms with Gasteiger partial charge in [-0.15, -0.1) is 0 Å². The Morgan fingerprint density at radius 2 is 1.44 bits per heavy atom. The topological polar surface area (TPSA) is 74.2 Å². The van der Waals surface area contributed by atoms with Crippen LogP contribution in [-0.4, -0.2) is 39.5 Å². The zero-order valence-electron chi connectivity index (χ0n) is 16.4. The van der Waals surface area contributed by atoms with Crippen molar-refractivity contribution in [1.82, 2.24) is 0 Å². The van der Waals surface area contributed by atoms with E-state index in [0.717, 1.165) is 22.3 Å². The van der Waals surface area contributed by atoms with Crippen molar-refractivity contribution in [3.63, 3.8) is 0 Å². The summed E-state index contributed by atoms with van der Waals surface area (Å²) >= 11 is 0. The Kier molecular flexibility index (Phi) is 6.93. The van der Waals surface area contributed by atoms with E-state index in [0.29, 0.717) is 35.8 Å². The van der Waals surface area contributed by atoms with E-state index >= 15 is 0 Å². The predicted octanol–water partition coefficient (Wildman–Crippen LogP) is 3.64. The second kappa shape index (κ2) is 9.16. The van der Waals surface area contributed by atoms with Crippen LogP contribution in [-0.2, 0) is 17.6 Å². The van der Waals surface area contributed by atoms with E-state index in [1.165, 1.54) is 0 Å². The third-order valence-electron chi connectivity index (χ3n) is 4.50. The van der Waals surface area contributed by atoms with Crippen LogP contribution in [0, 0.1) is 6.92 Å². The molecule has 146 valence electrons. The molecule has 1 N–H and O–H groups in total. The second-order valence-corrected chi connectivity index (χ2v) is 6.13. The lowest BCUT2D eigenvalue weighted by molar-refractivity contribution is -0.136. The molecule has 2 aromatic carbocycles. The summed E-state index contributed by atoms with van der Waals surface area (Å²) in [7, 11) is 6.30. The average molecular weight is 374 g/mol. The van der Waals surface area contributed by atoms with Gasteiger partial charge in [0.25, 0.3) is 0 Å². The van der Waals surface area contributed by atoms with Crippen molar-refractivity contribution in [3.8, 4) is 23.0 Å². The molecule has 0 aliphatic rings. The van der Waals surface area contributed by atoms with Gasteiger partial charge in [0.05, 0.1) is 28.4 Å². The van der Waals surface area contributed by atoms with E-state index < -0.39 is 5.97 Å². The lowest BCUT2D eigenvalue weighted by Gasteiger charge is -2.21. The molecular formula is C21H26O6. The van der Waals surface area contributed by atoms with Crippen LogP contribution in [0.1, 0.15) is 28.7 Å². The summed E-state index contributed by atoms with van der Waals surface area (Å²) in [6.45, 7) is 1.95. The van der Waals surface area contributed by atoms with E-state index in [1.807, 2.05) is 31.2 Å². The maximum Gasteiger partial charge on any atom is 0.303 e. The minimum atomic E-state index is -0.803. The number of hydrogen-bond acceptors (Lipinski definition) is 5. The molecular weight excluding hydrogens is 348 g/mol. The Morgan fingerprint density at radius 1 is 0.889 bits per heavy atom. The molecule has 0 saturated heterocycles. The normalized spacial score (nSPS) is 10.4. The summed E-state index contributed by atoms with van der Waals surface area (Å²) in [4.78, 5) is 10.8.